The van der Waals surface area contributed by atoms with E-state index in [4.69, 9.17) is 9.57 Å². The zero-order valence-corrected chi connectivity index (χ0v) is 11.5. The third-order valence-electron chi connectivity index (χ3n) is 3.31. The molecule has 0 aliphatic carbocycles. The third-order valence-corrected chi connectivity index (χ3v) is 3.31. The van der Waals surface area contributed by atoms with Gasteiger partial charge in [0.15, 0.2) is 0 Å². The van der Waals surface area contributed by atoms with Crippen LogP contribution in [0.25, 0.3) is 0 Å². The molecule has 0 bridgehead atoms. The van der Waals surface area contributed by atoms with Crippen molar-refractivity contribution in [3.05, 3.63) is 35.9 Å². The number of carbonyl (C=O) groups excluding carboxylic acids is 1. The monoisotopic (exact) mass is 280 g/mol. The lowest BCUT2D eigenvalue weighted by atomic mass is 10.0. The SMILES string of the molecule is CON[C@H]1CN(C(=O)OCc2ccccc2)CC[C@@H]1O. The molecule has 110 valence electrons. The number of hydrogen-bond acceptors (Lipinski definition) is 5. The molecule has 6 heteroatoms. The average molecular weight is 280 g/mol. The number of benzene rings is 1. The van der Waals surface area contributed by atoms with Gasteiger partial charge >= 0.3 is 6.09 Å². The number of aliphatic hydroxyl groups is 1. The second-order valence-electron chi connectivity index (χ2n) is 4.77. The molecule has 1 fully saturated rings. The van der Waals surface area contributed by atoms with Crippen LogP contribution in [0.2, 0.25) is 0 Å². The summed E-state index contributed by atoms with van der Waals surface area (Å²) in [5.74, 6) is 0. The standard InChI is InChI=1S/C14H20N2O4/c1-19-15-12-9-16(8-7-13(12)17)14(18)20-10-11-5-3-2-4-6-11/h2-6,12-13,15,17H,7-10H2,1H3/t12-,13-/m0/s1. The maximum Gasteiger partial charge on any atom is 0.410 e. The van der Waals surface area contributed by atoms with Gasteiger partial charge in [-0.1, -0.05) is 30.3 Å². The quantitative estimate of drug-likeness (QED) is 0.802. The highest BCUT2D eigenvalue weighted by molar-refractivity contribution is 5.67. The van der Waals surface area contributed by atoms with E-state index in [1.165, 1.54) is 7.11 Å². The van der Waals surface area contributed by atoms with Crippen LogP contribution in [0.4, 0.5) is 4.79 Å². The van der Waals surface area contributed by atoms with Crippen molar-refractivity contribution < 1.29 is 19.5 Å². The molecule has 1 aromatic carbocycles. The Hall–Kier alpha value is -1.63. The highest BCUT2D eigenvalue weighted by Crippen LogP contribution is 2.13. The molecule has 0 aromatic heterocycles. The fraction of sp³-hybridized carbons (Fsp3) is 0.500. The maximum absolute atomic E-state index is 12.0. The number of nitrogens with one attached hydrogen (secondary N) is 1. The van der Waals surface area contributed by atoms with E-state index in [-0.39, 0.29) is 18.7 Å². The first kappa shape index (κ1) is 14.8. The Morgan fingerprint density at radius 1 is 1.45 bits per heavy atom. The molecule has 2 atom stereocenters. The minimum Gasteiger partial charge on any atom is -0.445 e. The lowest BCUT2D eigenvalue weighted by Gasteiger charge is -2.35. The van der Waals surface area contributed by atoms with E-state index >= 15 is 0 Å². The number of carbonyl (C=O) groups is 1. The zero-order chi connectivity index (χ0) is 14.4. The molecule has 1 aromatic rings. The van der Waals surface area contributed by atoms with Crippen molar-refractivity contribution in [1.29, 1.82) is 0 Å². The Labute approximate surface area is 118 Å². The first-order valence-electron chi connectivity index (χ1n) is 6.63. The number of likely N-dealkylation sites (tertiary alicyclic amines) is 1. The zero-order valence-electron chi connectivity index (χ0n) is 11.5. The summed E-state index contributed by atoms with van der Waals surface area (Å²) in [5.41, 5.74) is 3.64. The van der Waals surface area contributed by atoms with E-state index in [0.717, 1.165) is 5.56 Å². The molecular formula is C14H20N2O4. The molecule has 1 aliphatic rings. The Morgan fingerprint density at radius 2 is 2.20 bits per heavy atom. The van der Waals surface area contributed by atoms with Crippen LogP contribution >= 0.6 is 0 Å². The molecule has 2 rings (SSSR count). The maximum atomic E-state index is 12.0. The molecule has 1 amide bonds. The lowest BCUT2D eigenvalue weighted by molar-refractivity contribution is -0.0310. The fourth-order valence-electron chi connectivity index (χ4n) is 2.18. The minimum absolute atomic E-state index is 0.251. The van der Waals surface area contributed by atoms with Crippen molar-refractivity contribution in [1.82, 2.24) is 10.4 Å². The van der Waals surface area contributed by atoms with Crippen LogP contribution < -0.4 is 5.48 Å². The van der Waals surface area contributed by atoms with Gasteiger partial charge < -0.3 is 19.6 Å². The van der Waals surface area contributed by atoms with Gasteiger partial charge in [0, 0.05) is 13.1 Å². The second-order valence-corrected chi connectivity index (χ2v) is 4.77. The normalized spacial score (nSPS) is 22.6. The van der Waals surface area contributed by atoms with Crippen LogP contribution in [0.15, 0.2) is 30.3 Å². The number of rotatable bonds is 4. The lowest BCUT2D eigenvalue weighted by Crippen LogP contribution is -2.54. The van der Waals surface area contributed by atoms with Crippen molar-refractivity contribution in [2.75, 3.05) is 20.2 Å². The molecule has 20 heavy (non-hydrogen) atoms. The molecule has 1 aliphatic heterocycles. The van der Waals surface area contributed by atoms with Crippen molar-refractivity contribution in [2.45, 2.75) is 25.2 Å². The van der Waals surface area contributed by atoms with E-state index < -0.39 is 6.10 Å². The topological polar surface area (TPSA) is 71.0 Å². The number of hydroxylamine groups is 1. The van der Waals surface area contributed by atoms with Gasteiger partial charge in [-0.05, 0) is 12.0 Å². The van der Waals surface area contributed by atoms with E-state index in [1.54, 1.807) is 4.90 Å². The average Bonchev–Trinajstić information content (AvgIpc) is 2.48. The number of hydrogen-bond donors (Lipinski definition) is 2. The molecule has 0 saturated carbocycles. The first-order valence-corrected chi connectivity index (χ1v) is 6.63. The molecule has 0 spiro atoms. The van der Waals surface area contributed by atoms with Crippen molar-refractivity contribution >= 4 is 6.09 Å². The highest BCUT2D eigenvalue weighted by atomic mass is 16.6. The Balaban J connectivity index is 1.83. The van der Waals surface area contributed by atoms with Gasteiger partial charge in [-0.3, -0.25) is 0 Å². The molecule has 0 unspecified atom stereocenters. The fourth-order valence-corrected chi connectivity index (χ4v) is 2.18. The second kappa shape index (κ2) is 7.23. The Bertz CT molecular complexity index is 426. The van der Waals surface area contributed by atoms with E-state index in [1.807, 2.05) is 30.3 Å². The van der Waals surface area contributed by atoms with Crippen LogP contribution in [0.3, 0.4) is 0 Å². The molecule has 1 heterocycles. The van der Waals surface area contributed by atoms with Crippen molar-refractivity contribution in [3.63, 3.8) is 0 Å². The van der Waals surface area contributed by atoms with Crippen LogP contribution in [0.5, 0.6) is 0 Å². The van der Waals surface area contributed by atoms with Crippen LogP contribution in [-0.4, -0.2) is 48.4 Å². The van der Waals surface area contributed by atoms with Gasteiger partial charge in [0.1, 0.15) is 6.61 Å². The van der Waals surface area contributed by atoms with E-state index in [0.29, 0.717) is 19.5 Å². The summed E-state index contributed by atoms with van der Waals surface area (Å²) in [6.45, 7) is 1.10. The first-order chi connectivity index (χ1) is 9.70. The molecule has 6 nitrogen and oxygen atoms in total. The summed E-state index contributed by atoms with van der Waals surface area (Å²) >= 11 is 0. The number of nitrogens with zero attached hydrogens (tertiary/aromatic N) is 1. The predicted octanol–water partition coefficient (Wildman–Crippen LogP) is 0.909. The summed E-state index contributed by atoms with van der Waals surface area (Å²) in [4.78, 5) is 18.4. The van der Waals surface area contributed by atoms with E-state index in [9.17, 15) is 9.90 Å². The third kappa shape index (κ3) is 3.93. The summed E-state index contributed by atoms with van der Waals surface area (Å²) in [5, 5.41) is 9.79. The van der Waals surface area contributed by atoms with E-state index in [2.05, 4.69) is 5.48 Å². The Kier molecular flexibility index (Phi) is 5.34. The minimum atomic E-state index is -0.520. The summed E-state index contributed by atoms with van der Waals surface area (Å²) in [7, 11) is 1.49. The molecular weight excluding hydrogens is 260 g/mol. The van der Waals surface area contributed by atoms with Crippen LogP contribution in [0, 0.1) is 0 Å². The van der Waals surface area contributed by atoms with Gasteiger partial charge in [-0.25, -0.2) is 4.79 Å². The largest absolute Gasteiger partial charge is 0.445 e. The number of piperidine rings is 1. The number of ether oxygens (including phenoxy) is 1. The summed E-state index contributed by atoms with van der Waals surface area (Å²) in [6, 6.07) is 9.24. The van der Waals surface area contributed by atoms with Crippen LogP contribution in [-0.2, 0) is 16.2 Å². The Morgan fingerprint density at radius 3 is 2.90 bits per heavy atom. The summed E-state index contributed by atoms with van der Waals surface area (Å²) in [6.07, 6.45) is -0.390. The summed E-state index contributed by atoms with van der Waals surface area (Å²) < 4.78 is 5.27. The number of aliphatic hydroxyl groups excluding tert-OH is 1. The highest BCUT2D eigenvalue weighted by Gasteiger charge is 2.30. The molecule has 2 N–H and O–H groups in total. The van der Waals surface area contributed by atoms with Crippen LogP contribution in [0.1, 0.15) is 12.0 Å². The van der Waals surface area contributed by atoms with Crippen molar-refractivity contribution in [2.24, 2.45) is 0 Å². The van der Waals surface area contributed by atoms with Crippen molar-refractivity contribution in [3.8, 4) is 0 Å². The smallest absolute Gasteiger partial charge is 0.410 e. The van der Waals surface area contributed by atoms with Gasteiger partial charge in [0.05, 0.1) is 19.3 Å². The van der Waals surface area contributed by atoms with Gasteiger partial charge in [0.25, 0.3) is 0 Å². The predicted molar refractivity (Wildman–Crippen MR) is 72.8 cm³/mol. The number of amides is 1. The van der Waals surface area contributed by atoms with Gasteiger partial charge in [0.2, 0.25) is 0 Å². The van der Waals surface area contributed by atoms with Gasteiger partial charge in [-0.2, -0.15) is 5.48 Å². The molecule has 1 saturated heterocycles. The van der Waals surface area contributed by atoms with Gasteiger partial charge in [-0.15, -0.1) is 0 Å². The molecule has 0 radical (unpaired) electrons.